The van der Waals surface area contributed by atoms with Gasteiger partial charge >= 0.3 is 0 Å². The van der Waals surface area contributed by atoms with Gasteiger partial charge in [0.25, 0.3) is 0 Å². The largest absolute Gasteiger partial charge is 0.490 e. The lowest BCUT2D eigenvalue weighted by molar-refractivity contribution is -0.134. The number of carbonyl (C=O) groups excluding carboxylic acids is 1. The maximum absolute atomic E-state index is 12.7. The van der Waals surface area contributed by atoms with Crippen LogP contribution in [0.15, 0.2) is 30.5 Å². The van der Waals surface area contributed by atoms with Gasteiger partial charge in [0.2, 0.25) is 11.8 Å². The van der Waals surface area contributed by atoms with Gasteiger partial charge in [0.1, 0.15) is 35.8 Å². The molecule has 0 aliphatic carbocycles. The van der Waals surface area contributed by atoms with Crippen LogP contribution in [0.4, 0.5) is 11.4 Å². The number of hydrogen-bond donors (Lipinski definition) is 0. The number of ether oxygens (including phenoxy) is 4. The molecule has 1 aromatic carbocycles. The second-order valence-electron chi connectivity index (χ2n) is 8.37. The second kappa shape index (κ2) is 9.16. The number of anilines is 2. The minimum atomic E-state index is -0.0554. The fraction of sp³-hybridized carbons (Fsp3) is 0.458. The molecule has 2 atom stereocenters. The topological polar surface area (TPSA) is 97.2 Å². The first-order chi connectivity index (χ1) is 16.2. The molecule has 3 aliphatic rings. The first-order valence-electron chi connectivity index (χ1n) is 11.2. The maximum Gasteiger partial charge on any atom is 0.231 e. The van der Waals surface area contributed by atoms with E-state index < -0.39 is 0 Å². The molecule has 2 unspecified atom stereocenters. The predicted octanol–water partition coefficient (Wildman–Crippen LogP) is 2.51. The lowest BCUT2D eigenvalue weighted by atomic mass is 10.1. The Bertz CT molecular complexity index is 1080. The van der Waals surface area contributed by atoms with Gasteiger partial charge in [-0.25, -0.2) is 4.98 Å². The van der Waals surface area contributed by atoms with Gasteiger partial charge in [-0.3, -0.25) is 4.79 Å². The number of aromatic nitrogens is 1. The van der Waals surface area contributed by atoms with Crippen LogP contribution in [0.3, 0.4) is 0 Å². The van der Waals surface area contributed by atoms with Gasteiger partial charge < -0.3 is 28.7 Å². The number of carbonyl (C=O) groups is 1. The van der Waals surface area contributed by atoms with Crippen LogP contribution in [0.1, 0.15) is 18.4 Å². The first-order valence-corrected chi connectivity index (χ1v) is 11.2. The monoisotopic (exact) mass is 450 g/mol. The summed E-state index contributed by atoms with van der Waals surface area (Å²) >= 11 is 0. The molecule has 0 bridgehead atoms. The summed E-state index contributed by atoms with van der Waals surface area (Å²) in [6.07, 6.45) is 3.23. The highest BCUT2D eigenvalue weighted by Crippen LogP contribution is 2.40. The van der Waals surface area contributed by atoms with Crippen LogP contribution in [0.25, 0.3) is 0 Å². The number of nitriles is 1. The Hall–Kier alpha value is -3.51. The Kier molecular flexibility index (Phi) is 5.92. The molecule has 0 saturated carbocycles. The minimum absolute atomic E-state index is 0.0189. The average molecular weight is 450 g/mol. The first kappa shape index (κ1) is 21.3. The molecule has 0 spiro atoms. The summed E-state index contributed by atoms with van der Waals surface area (Å²) in [5, 5.41) is 9.43. The molecular weight excluding hydrogens is 424 g/mol. The van der Waals surface area contributed by atoms with Gasteiger partial charge in [0.05, 0.1) is 50.3 Å². The number of rotatable bonds is 5. The molecule has 0 N–H and O–H groups in total. The van der Waals surface area contributed by atoms with Crippen LogP contribution in [0, 0.1) is 17.2 Å². The van der Waals surface area contributed by atoms with E-state index in [1.54, 1.807) is 12.3 Å². The van der Waals surface area contributed by atoms with Crippen LogP contribution in [-0.4, -0.2) is 68.5 Å². The number of likely N-dealkylation sites (tertiary alicyclic amines) is 1. The summed E-state index contributed by atoms with van der Waals surface area (Å²) in [6, 6.07) is 9.63. The van der Waals surface area contributed by atoms with E-state index in [4.69, 9.17) is 18.9 Å². The quantitative estimate of drug-likeness (QED) is 0.686. The molecule has 2 fully saturated rings. The van der Waals surface area contributed by atoms with Gasteiger partial charge in [-0.2, -0.15) is 5.26 Å². The van der Waals surface area contributed by atoms with E-state index in [1.165, 1.54) is 7.11 Å². The molecule has 172 valence electrons. The summed E-state index contributed by atoms with van der Waals surface area (Å²) in [4.78, 5) is 20.9. The molecule has 2 saturated heterocycles. The van der Waals surface area contributed by atoms with Crippen LogP contribution in [0.2, 0.25) is 0 Å². The van der Waals surface area contributed by atoms with Crippen molar-refractivity contribution in [2.24, 2.45) is 5.92 Å². The molecule has 1 amide bonds. The highest BCUT2D eigenvalue weighted by atomic mass is 16.5. The third-order valence-electron chi connectivity index (χ3n) is 6.29. The van der Waals surface area contributed by atoms with Crippen molar-refractivity contribution in [1.82, 2.24) is 9.88 Å². The van der Waals surface area contributed by atoms with Crippen molar-refractivity contribution in [3.05, 3.63) is 36.0 Å². The molecule has 9 heteroatoms. The van der Waals surface area contributed by atoms with Crippen molar-refractivity contribution in [2.45, 2.75) is 18.9 Å². The van der Waals surface area contributed by atoms with Crippen LogP contribution in [-0.2, 0) is 9.53 Å². The molecule has 2 aromatic rings. The van der Waals surface area contributed by atoms with E-state index >= 15 is 0 Å². The minimum Gasteiger partial charge on any atom is -0.490 e. The Morgan fingerprint density at radius 2 is 2.15 bits per heavy atom. The summed E-state index contributed by atoms with van der Waals surface area (Å²) < 4.78 is 22.6. The van der Waals surface area contributed by atoms with Gasteiger partial charge in [-0.1, -0.05) is 0 Å². The fourth-order valence-corrected chi connectivity index (χ4v) is 4.58. The zero-order valence-corrected chi connectivity index (χ0v) is 18.5. The molecular formula is C24H26N4O5. The second-order valence-corrected chi connectivity index (χ2v) is 8.37. The van der Waals surface area contributed by atoms with Gasteiger partial charge in [-0.15, -0.1) is 0 Å². The van der Waals surface area contributed by atoms with Crippen molar-refractivity contribution in [2.75, 3.05) is 51.5 Å². The molecule has 0 radical (unpaired) electrons. The van der Waals surface area contributed by atoms with Crippen molar-refractivity contribution in [3.8, 4) is 23.4 Å². The predicted molar refractivity (Wildman–Crippen MR) is 119 cm³/mol. The summed E-state index contributed by atoms with van der Waals surface area (Å²) in [7, 11) is 1.50. The van der Waals surface area contributed by atoms with Crippen molar-refractivity contribution in [1.29, 1.82) is 5.26 Å². The number of hydrogen-bond acceptors (Lipinski definition) is 8. The van der Waals surface area contributed by atoms with Crippen molar-refractivity contribution >= 4 is 17.3 Å². The standard InChI is InChI=1S/C24H26N4O5/c1-30-23-17(12-25)10-18(13-26-23)28-7-9-32-22-3-2-19(11-21(22)28)33-20-4-6-27(14-20)24(29)16-5-8-31-15-16/h2-3,10-11,13,16,20H,4-9,14-15H2,1H3. The lowest BCUT2D eigenvalue weighted by Gasteiger charge is -2.31. The van der Waals surface area contributed by atoms with Gasteiger partial charge in [0, 0.05) is 25.6 Å². The Morgan fingerprint density at radius 1 is 1.24 bits per heavy atom. The average Bonchev–Trinajstić information content (AvgIpc) is 3.55. The number of nitrogens with zero attached hydrogens (tertiary/aromatic N) is 4. The van der Waals surface area contributed by atoms with E-state index in [1.807, 2.05) is 23.1 Å². The normalized spacial score (nSPS) is 21.8. The smallest absolute Gasteiger partial charge is 0.231 e. The van der Waals surface area contributed by atoms with E-state index in [2.05, 4.69) is 16.0 Å². The lowest BCUT2D eigenvalue weighted by Crippen LogP contribution is -2.36. The van der Waals surface area contributed by atoms with Crippen molar-refractivity contribution in [3.63, 3.8) is 0 Å². The highest BCUT2D eigenvalue weighted by molar-refractivity contribution is 5.79. The van der Waals surface area contributed by atoms with Crippen molar-refractivity contribution < 1.29 is 23.7 Å². The Morgan fingerprint density at radius 3 is 2.94 bits per heavy atom. The van der Waals surface area contributed by atoms with Gasteiger partial charge in [-0.05, 0) is 24.6 Å². The van der Waals surface area contributed by atoms with Gasteiger partial charge in [0.15, 0.2) is 0 Å². The fourth-order valence-electron chi connectivity index (χ4n) is 4.58. The molecule has 5 rings (SSSR count). The van der Waals surface area contributed by atoms with Crippen LogP contribution >= 0.6 is 0 Å². The zero-order chi connectivity index (χ0) is 22.8. The summed E-state index contributed by atoms with van der Waals surface area (Å²) in [5.74, 6) is 1.91. The highest BCUT2D eigenvalue weighted by Gasteiger charge is 2.34. The van der Waals surface area contributed by atoms with Crippen LogP contribution < -0.4 is 19.1 Å². The summed E-state index contributed by atoms with van der Waals surface area (Å²) in [6.45, 7) is 3.61. The number of benzene rings is 1. The number of methoxy groups -OCH3 is 1. The maximum atomic E-state index is 12.7. The third-order valence-corrected chi connectivity index (χ3v) is 6.29. The molecule has 9 nitrogen and oxygen atoms in total. The van der Waals surface area contributed by atoms with Crippen LogP contribution in [0.5, 0.6) is 17.4 Å². The van der Waals surface area contributed by atoms with E-state index in [0.29, 0.717) is 50.9 Å². The molecule has 4 heterocycles. The van der Waals surface area contributed by atoms with E-state index in [-0.39, 0.29) is 17.9 Å². The Balaban J connectivity index is 1.32. The Labute approximate surface area is 192 Å². The SMILES string of the molecule is COc1ncc(N2CCOc3ccc(OC4CCN(C(=O)C5CCOC5)C4)cc32)cc1C#N. The van der Waals surface area contributed by atoms with E-state index in [9.17, 15) is 10.1 Å². The summed E-state index contributed by atoms with van der Waals surface area (Å²) in [5.41, 5.74) is 2.01. The molecule has 3 aliphatic heterocycles. The number of amides is 1. The number of fused-ring (bicyclic) bond motifs is 1. The molecule has 1 aromatic heterocycles. The zero-order valence-electron chi connectivity index (χ0n) is 18.5. The molecule has 33 heavy (non-hydrogen) atoms. The third kappa shape index (κ3) is 4.26. The number of pyridine rings is 1. The van der Waals surface area contributed by atoms with E-state index in [0.717, 1.165) is 35.7 Å².